The third-order valence-corrected chi connectivity index (χ3v) is 8.29. The monoisotopic (exact) mass is 314 g/mol. The van der Waals surface area contributed by atoms with Crippen LogP contribution in [0.5, 0.6) is 0 Å². The van der Waals surface area contributed by atoms with Gasteiger partial charge in [-0.15, -0.1) is 6.58 Å². The number of fused-ring (bicyclic) bond motifs is 5. The van der Waals surface area contributed by atoms with Crippen molar-refractivity contribution in [1.29, 1.82) is 0 Å². The summed E-state index contributed by atoms with van der Waals surface area (Å²) < 4.78 is 5.99. The van der Waals surface area contributed by atoms with Crippen molar-refractivity contribution in [3.05, 3.63) is 24.3 Å². The molecule has 0 aliphatic heterocycles. The summed E-state index contributed by atoms with van der Waals surface area (Å²) in [6, 6.07) is 0. The van der Waals surface area contributed by atoms with Gasteiger partial charge >= 0.3 is 0 Å². The highest BCUT2D eigenvalue weighted by Gasteiger charge is 2.55. The Morgan fingerprint density at radius 2 is 2.04 bits per heavy atom. The SMILES string of the molecule is C=CCO[C@@H]1CC[C@@]2(C)C(=CC[C@@H]3[C@H]4CCC[C@@]4(C)CC[C@H]32)C1. The molecule has 128 valence electrons. The lowest BCUT2D eigenvalue weighted by molar-refractivity contribution is -0.0442. The molecule has 0 heterocycles. The Morgan fingerprint density at radius 3 is 2.87 bits per heavy atom. The highest BCUT2D eigenvalue weighted by atomic mass is 16.5. The van der Waals surface area contributed by atoms with Crippen molar-refractivity contribution in [3.8, 4) is 0 Å². The van der Waals surface area contributed by atoms with Gasteiger partial charge in [0, 0.05) is 0 Å². The Balaban J connectivity index is 1.56. The van der Waals surface area contributed by atoms with Crippen molar-refractivity contribution in [3.63, 3.8) is 0 Å². The van der Waals surface area contributed by atoms with Gasteiger partial charge in [-0.3, -0.25) is 0 Å². The zero-order valence-electron chi connectivity index (χ0n) is 15.2. The van der Waals surface area contributed by atoms with E-state index in [0.29, 0.717) is 23.5 Å². The summed E-state index contributed by atoms with van der Waals surface area (Å²) >= 11 is 0. The number of rotatable bonds is 3. The summed E-state index contributed by atoms with van der Waals surface area (Å²) in [6.07, 6.45) is 17.5. The molecule has 1 heteroatoms. The fraction of sp³-hybridized carbons (Fsp3) is 0.818. The van der Waals surface area contributed by atoms with Crippen LogP contribution in [0.4, 0.5) is 0 Å². The molecule has 0 radical (unpaired) electrons. The molecule has 0 aromatic heterocycles. The Labute approximate surface area is 142 Å². The minimum Gasteiger partial charge on any atom is -0.374 e. The molecule has 0 N–H and O–H groups in total. The average Bonchev–Trinajstić information content (AvgIpc) is 2.94. The predicted octanol–water partition coefficient (Wildman–Crippen LogP) is 5.91. The van der Waals surface area contributed by atoms with E-state index in [1.54, 1.807) is 5.57 Å². The van der Waals surface area contributed by atoms with E-state index in [1.165, 1.54) is 57.8 Å². The van der Waals surface area contributed by atoms with E-state index in [-0.39, 0.29) is 0 Å². The Kier molecular flexibility index (Phi) is 3.99. The Morgan fingerprint density at radius 1 is 1.17 bits per heavy atom. The summed E-state index contributed by atoms with van der Waals surface area (Å²) in [5, 5.41) is 0. The molecule has 0 saturated heterocycles. The first-order valence-corrected chi connectivity index (χ1v) is 9.99. The molecule has 0 aromatic rings. The summed E-state index contributed by atoms with van der Waals surface area (Å²) in [6.45, 7) is 9.70. The Bertz CT molecular complexity index is 506. The van der Waals surface area contributed by atoms with Gasteiger partial charge in [0.25, 0.3) is 0 Å². The normalized spacial score (nSPS) is 48.9. The van der Waals surface area contributed by atoms with E-state index in [0.717, 1.165) is 17.8 Å². The fourth-order valence-corrected chi connectivity index (χ4v) is 6.97. The van der Waals surface area contributed by atoms with Crippen LogP contribution in [-0.4, -0.2) is 12.7 Å². The highest BCUT2D eigenvalue weighted by molar-refractivity contribution is 5.25. The van der Waals surface area contributed by atoms with Crippen LogP contribution in [0.15, 0.2) is 24.3 Å². The molecule has 0 unspecified atom stereocenters. The van der Waals surface area contributed by atoms with E-state index in [9.17, 15) is 0 Å². The molecule has 0 bridgehead atoms. The first kappa shape index (κ1) is 15.9. The third kappa shape index (κ3) is 2.46. The number of ether oxygens (including phenoxy) is 1. The van der Waals surface area contributed by atoms with E-state index in [1.807, 2.05) is 6.08 Å². The maximum Gasteiger partial charge on any atom is 0.0648 e. The zero-order valence-corrected chi connectivity index (χ0v) is 15.2. The van der Waals surface area contributed by atoms with Crippen molar-refractivity contribution in [1.82, 2.24) is 0 Å². The maximum absolute atomic E-state index is 5.99. The van der Waals surface area contributed by atoms with Gasteiger partial charge in [0.2, 0.25) is 0 Å². The first-order valence-electron chi connectivity index (χ1n) is 9.99. The number of allylic oxidation sites excluding steroid dienone is 1. The van der Waals surface area contributed by atoms with E-state index in [2.05, 4.69) is 26.5 Å². The molecule has 4 rings (SSSR count). The molecule has 3 fully saturated rings. The van der Waals surface area contributed by atoms with Crippen molar-refractivity contribution in [2.24, 2.45) is 28.6 Å². The predicted molar refractivity (Wildman–Crippen MR) is 96.3 cm³/mol. The van der Waals surface area contributed by atoms with Gasteiger partial charge in [-0.05, 0) is 80.0 Å². The molecule has 6 atom stereocenters. The molecule has 3 saturated carbocycles. The zero-order chi connectivity index (χ0) is 16.1. The molecular formula is C22H34O. The second-order valence-electron chi connectivity index (χ2n) is 9.33. The molecule has 0 amide bonds. The third-order valence-electron chi connectivity index (χ3n) is 8.29. The number of hydrogen-bond donors (Lipinski definition) is 0. The van der Waals surface area contributed by atoms with Gasteiger partial charge in [0.15, 0.2) is 0 Å². The van der Waals surface area contributed by atoms with Crippen molar-refractivity contribution in [2.75, 3.05) is 6.61 Å². The highest BCUT2D eigenvalue weighted by Crippen LogP contribution is 2.64. The van der Waals surface area contributed by atoms with Gasteiger partial charge in [-0.25, -0.2) is 0 Å². The first-order chi connectivity index (χ1) is 11.1. The topological polar surface area (TPSA) is 9.23 Å². The van der Waals surface area contributed by atoms with Crippen LogP contribution in [0.25, 0.3) is 0 Å². The van der Waals surface area contributed by atoms with Crippen molar-refractivity contribution >= 4 is 0 Å². The summed E-state index contributed by atoms with van der Waals surface area (Å²) in [5.41, 5.74) is 2.88. The Hall–Kier alpha value is -0.560. The molecular weight excluding hydrogens is 280 g/mol. The second kappa shape index (κ2) is 5.76. The lowest BCUT2D eigenvalue weighted by Crippen LogP contribution is -2.49. The van der Waals surface area contributed by atoms with Crippen LogP contribution in [-0.2, 0) is 4.74 Å². The van der Waals surface area contributed by atoms with Crippen molar-refractivity contribution < 1.29 is 4.74 Å². The largest absolute Gasteiger partial charge is 0.374 e. The maximum atomic E-state index is 5.99. The van der Waals surface area contributed by atoms with Crippen LogP contribution < -0.4 is 0 Å². The number of hydrogen-bond acceptors (Lipinski definition) is 1. The summed E-state index contributed by atoms with van der Waals surface area (Å²) in [4.78, 5) is 0. The minimum atomic E-state index is 0.434. The molecule has 23 heavy (non-hydrogen) atoms. The van der Waals surface area contributed by atoms with Crippen LogP contribution >= 0.6 is 0 Å². The smallest absolute Gasteiger partial charge is 0.0648 e. The lowest BCUT2D eigenvalue weighted by atomic mass is 9.48. The van der Waals surface area contributed by atoms with Gasteiger partial charge in [0.1, 0.15) is 0 Å². The van der Waals surface area contributed by atoms with Crippen LogP contribution in [0, 0.1) is 28.6 Å². The van der Waals surface area contributed by atoms with Crippen LogP contribution in [0.3, 0.4) is 0 Å². The fourth-order valence-electron chi connectivity index (χ4n) is 6.97. The van der Waals surface area contributed by atoms with Crippen LogP contribution in [0.1, 0.15) is 71.6 Å². The second-order valence-corrected chi connectivity index (χ2v) is 9.33. The molecule has 1 nitrogen and oxygen atoms in total. The molecule has 0 spiro atoms. The summed E-state index contributed by atoms with van der Waals surface area (Å²) in [7, 11) is 0. The van der Waals surface area contributed by atoms with E-state index in [4.69, 9.17) is 4.74 Å². The quantitative estimate of drug-likeness (QED) is 0.588. The van der Waals surface area contributed by atoms with E-state index < -0.39 is 0 Å². The van der Waals surface area contributed by atoms with Gasteiger partial charge in [-0.2, -0.15) is 0 Å². The molecule has 0 aromatic carbocycles. The summed E-state index contributed by atoms with van der Waals surface area (Å²) in [5.74, 6) is 2.92. The molecule has 4 aliphatic rings. The van der Waals surface area contributed by atoms with E-state index >= 15 is 0 Å². The molecule has 4 aliphatic carbocycles. The standard InChI is InChI=1S/C22H34O/c1-4-14-23-17-9-13-22(3)16(15-17)7-8-18-19-6-5-11-21(19,2)12-10-20(18)22/h4,7,17-20H,1,5-6,8-15H2,2-3H3/t17-,18-,19-,20-,21+,22+/m1/s1. The van der Waals surface area contributed by atoms with Gasteiger partial charge in [-0.1, -0.05) is 38.0 Å². The lowest BCUT2D eigenvalue weighted by Gasteiger charge is -2.57. The average molecular weight is 315 g/mol. The van der Waals surface area contributed by atoms with Gasteiger partial charge < -0.3 is 4.74 Å². The van der Waals surface area contributed by atoms with Crippen molar-refractivity contribution in [2.45, 2.75) is 77.7 Å². The van der Waals surface area contributed by atoms with Gasteiger partial charge in [0.05, 0.1) is 12.7 Å². The van der Waals surface area contributed by atoms with Crippen LogP contribution in [0.2, 0.25) is 0 Å². The minimum absolute atomic E-state index is 0.434.